The number of hydrogen-bond donors (Lipinski definition) is 1. The third-order valence-corrected chi connectivity index (χ3v) is 3.03. The fourth-order valence-corrected chi connectivity index (χ4v) is 2.17. The summed E-state index contributed by atoms with van der Waals surface area (Å²) >= 11 is 0. The molecule has 1 atom stereocenters. The van der Waals surface area contributed by atoms with E-state index in [1.165, 1.54) is 5.56 Å². The molecule has 1 N–H and O–H groups in total. The zero-order valence-electron chi connectivity index (χ0n) is 10.8. The van der Waals surface area contributed by atoms with Gasteiger partial charge in [0.25, 0.3) is 0 Å². The highest BCUT2D eigenvalue weighted by Crippen LogP contribution is 2.27. The van der Waals surface area contributed by atoms with E-state index in [9.17, 15) is 0 Å². The lowest BCUT2D eigenvalue weighted by atomic mass is 10.1. The van der Waals surface area contributed by atoms with Crippen LogP contribution >= 0.6 is 0 Å². The van der Waals surface area contributed by atoms with E-state index in [0.717, 1.165) is 18.7 Å². The molecule has 94 valence electrons. The van der Waals surface area contributed by atoms with E-state index in [0.29, 0.717) is 6.61 Å². The van der Waals surface area contributed by atoms with Crippen LogP contribution in [0.2, 0.25) is 0 Å². The van der Waals surface area contributed by atoms with Crippen molar-refractivity contribution in [3.63, 3.8) is 0 Å². The molecule has 0 bridgehead atoms. The summed E-state index contributed by atoms with van der Waals surface area (Å²) in [5, 5.41) is 3.49. The van der Waals surface area contributed by atoms with Crippen molar-refractivity contribution in [1.29, 1.82) is 0 Å². The summed E-state index contributed by atoms with van der Waals surface area (Å²) in [5.41, 5.74) is 1.30. The highest BCUT2D eigenvalue weighted by molar-refractivity contribution is 5.37. The Kier molecular flexibility index (Phi) is 3.69. The molecule has 1 aliphatic rings. The molecule has 1 aromatic rings. The van der Waals surface area contributed by atoms with Gasteiger partial charge in [-0.2, -0.15) is 0 Å². The maximum atomic E-state index is 5.88. The third kappa shape index (κ3) is 3.20. The van der Waals surface area contributed by atoms with Crippen molar-refractivity contribution in [3.05, 3.63) is 29.8 Å². The van der Waals surface area contributed by atoms with Crippen LogP contribution in [0.1, 0.15) is 19.4 Å². The topological polar surface area (TPSA) is 30.5 Å². The van der Waals surface area contributed by atoms with Crippen molar-refractivity contribution in [3.8, 4) is 5.75 Å². The number of ether oxygens (including phenoxy) is 2. The van der Waals surface area contributed by atoms with Crippen LogP contribution in [0.4, 0.5) is 0 Å². The zero-order chi connectivity index (χ0) is 12.3. The van der Waals surface area contributed by atoms with Gasteiger partial charge in [-0.05, 0) is 25.5 Å². The van der Waals surface area contributed by atoms with E-state index in [2.05, 4.69) is 31.3 Å². The third-order valence-electron chi connectivity index (χ3n) is 3.03. The smallest absolute Gasteiger partial charge is 0.123 e. The quantitative estimate of drug-likeness (QED) is 0.847. The maximum Gasteiger partial charge on any atom is 0.123 e. The Morgan fingerprint density at radius 2 is 2.18 bits per heavy atom. The molecule has 0 radical (unpaired) electrons. The summed E-state index contributed by atoms with van der Waals surface area (Å²) in [6.45, 7) is 5.83. The minimum atomic E-state index is -0.00706. The number of nitrogens with one attached hydrogen (secondary N) is 1. The van der Waals surface area contributed by atoms with Gasteiger partial charge in [-0.3, -0.25) is 0 Å². The average molecular weight is 235 g/mol. The van der Waals surface area contributed by atoms with E-state index in [-0.39, 0.29) is 11.6 Å². The second-order valence-electron chi connectivity index (χ2n) is 5.25. The molecule has 0 saturated heterocycles. The molecule has 3 nitrogen and oxygen atoms in total. The summed E-state index contributed by atoms with van der Waals surface area (Å²) in [7, 11) is 1.73. The van der Waals surface area contributed by atoms with Gasteiger partial charge in [0.15, 0.2) is 0 Å². The number of rotatable bonds is 5. The first-order chi connectivity index (χ1) is 8.11. The second kappa shape index (κ2) is 5.07. The van der Waals surface area contributed by atoms with Crippen molar-refractivity contribution < 1.29 is 9.47 Å². The Balaban J connectivity index is 1.84. The van der Waals surface area contributed by atoms with E-state index in [1.807, 2.05) is 12.1 Å². The lowest BCUT2D eigenvalue weighted by molar-refractivity contribution is 0.117. The molecule has 0 aromatic heterocycles. The second-order valence-corrected chi connectivity index (χ2v) is 5.25. The standard InChI is InChI=1S/C14H21NO2/c1-14(2,10-16-3)15-9-12-8-11-6-4-5-7-13(11)17-12/h4-7,12,15H,8-10H2,1-3H3. The van der Waals surface area contributed by atoms with Gasteiger partial charge in [-0.1, -0.05) is 18.2 Å². The highest BCUT2D eigenvalue weighted by Gasteiger charge is 2.25. The number of methoxy groups -OCH3 is 1. The molecule has 0 saturated carbocycles. The zero-order valence-corrected chi connectivity index (χ0v) is 10.8. The van der Waals surface area contributed by atoms with Crippen LogP contribution in [0.25, 0.3) is 0 Å². The Morgan fingerprint density at radius 1 is 1.41 bits per heavy atom. The number of para-hydroxylation sites is 1. The fraction of sp³-hybridized carbons (Fsp3) is 0.571. The molecule has 1 aliphatic heterocycles. The minimum absolute atomic E-state index is 0.00706. The number of fused-ring (bicyclic) bond motifs is 1. The summed E-state index contributed by atoms with van der Waals surface area (Å²) in [4.78, 5) is 0. The van der Waals surface area contributed by atoms with Gasteiger partial charge in [-0.15, -0.1) is 0 Å². The molecule has 1 heterocycles. The van der Waals surface area contributed by atoms with Crippen LogP contribution in [0.15, 0.2) is 24.3 Å². The molecule has 1 unspecified atom stereocenters. The molecule has 0 spiro atoms. The van der Waals surface area contributed by atoms with E-state index >= 15 is 0 Å². The van der Waals surface area contributed by atoms with Crippen molar-refractivity contribution in [2.24, 2.45) is 0 Å². The largest absolute Gasteiger partial charge is 0.488 e. The predicted octanol–water partition coefficient (Wildman–Crippen LogP) is 2.00. The minimum Gasteiger partial charge on any atom is -0.488 e. The molecule has 3 heteroatoms. The fourth-order valence-electron chi connectivity index (χ4n) is 2.17. The summed E-state index contributed by atoms with van der Waals surface area (Å²) in [6, 6.07) is 8.25. The summed E-state index contributed by atoms with van der Waals surface area (Å²) in [5.74, 6) is 1.03. The number of benzene rings is 1. The molecule has 2 rings (SSSR count). The first kappa shape index (κ1) is 12.4. The molecule has 0 fully saturated rings. The molecule has 17 heavy (non-hydrogen) atoms. The highest BCUT2D eigenvalue weighted by atomic mass is 16.5. The Hall–Kier alpha value is -1.06. The first-order valence-electron chi connectivity index (χ1n) is 6.09. The first-order valence-corrected chi connectivity index (χ1v) is 6.09. The van der Waals surface area contributed by atoms with Gasteiger partial charge in [0.05, 0.1) is 6.61 Å². The van der Waals surface area contributed by atoms with E-state index < -0.39 is 0 Å². The van der Waals surface area contributed by atoms with Crippen molar-refractivity contribution in [2.45, 2.75) is 31.9 Å². The SMILES string of the molecule is COCC(C)(C)NCC1Cc2ccccc2O1. The van der Waals surface area contributed by atoms with Crippen LogP contribution in [0, 0.1) is 0 Å². The van der Waals surface area contributed by atoms with Gasteiger partial charge >= 0.3 is 0 Å². The molecular formula is C14H21NO2. The normalized spacial score (nSPS) is 18.9. The van der Waals surface area contributed by atoms with E-state index in [1.54, 1.807) is 7.11 Å². The van der Waals surface area contributed by atoms with Gasteiger partial charge in [0.2, 0.25) is 0 Å². The maximum absolute atomic E-state index is 5.88. The summed E-state index contributed by atoms with van der Waals surface area (Å²) in [6.07, 6.45) is 1.23. The lowest BCUT2D eigenvalue weighted by Gasteiger charge is -2.27. The molecular weight excluding hydrogens is 214 g/mol. The molecule has 1 aromatic carbocycles. The van der Waals surface area contributed by atoms with Crippen LogP contribution in [0.5, 0.6) is 5.75 Å². The number of hydrogen-bond acceptors (Lipinski definition) is 3. The lowest BCUT2D eigenvalue weighted by Crippen LogP contribution is -2.47. The van der Waals surface area contributed by atoms with Crippen LogP contribution in [-0.2, 0) is 11.2 Å². The monoisotopic (exact) mass is 235 g/mol. The Morgan fingerprint density at radius 3 is 2.88 bits per heavy atom. The van der Waals surface area contributed by atoms with Crippen LogP contribution in [-0.4, -0.2) is 31.9 Å². The van der Waals surface area contributed by atoms with Gasteiger partial charge in [0.1, 0.15) is 11.9 Å². The molecule has 0 aliphatic carbocycles. The summed E-state index contributed by atoms with van der Waals surface area (Å²) < 4.78 is 11.1. The van der Waals surface area contributed by atoms with Crippen LogP contribution in [0.3, 0.4) is 0 Å². The van der Waals surface area contributed by atoms with E-state index in [4.69, 9.17) is 9.47 Å². The molecule has 0 amide bonds. The van der Waals surface area contributed by atoms with Gasteiger partial charge in [-0.25, -0.2) is 0 Å². The Bertz CT molecular complexity index is 351. The predicted molar refractivity (Wildman–Crippen MR) is 68.5 cm³/mol. The van der Waals surface area contributed by atoms with Gasteiger partial charge < -0.3 is 14.8 Å². The Labute approximate surface area is 103 Å². The van der Waals surface area contributed by atoms with Crippen molar-refractivity contribution >= 4 is 0 Å². The van der Waals surface area contributed by atoms with Gasteiger partial charge in [0, 0.05) is 25.6 Å². The van der Waals surface area contributed by atoms with Crippen LogP contribution < -0.4 is 10.1 Å². The average Bonchev–Trinajstić information content (AvgIpc) is 2.69. The van der Waals surface area contributed by atoms with Crippen molar-refractivity contribution in [1.82, 2.24) is 5.32 Å². The van der Waals surface area contributed by atoms with Crippen molar-refractivity contribution in [2.75, 3.05) is 20.3 Å².